The van der Waals surface area contributed by atoms with E-state index in [0.29, 0.717) is 0 Å². The van der Waals surface area contributed by atoms with Crippen LogP contribution in [0.25, 0.3) is 0 Å². The van der Waals surface area contributed by atoms with Gasteiger partial charge in [0.2, 0.25) is 0 Å². The van der Waals surface area contributed by atoms with Crippen LogP contribution in [0.3, 0.4) is 0 Å². The first-order valence-electron chi connectivity index (χ1n) is 4.45. The molecule has 0 spiro atoms. The molecule has 1 N–H and O–H groups in total. The molecule has 0 bridgehead atoms. The quantitative estimate of drug-likeness (QED) is 0.639. The van der Waals surface area contributed by atoms with Crippen LogP contribution in [0.4, 0.5) is 0 Å². The van der Waals surface area contributed by atoms with Crippen LogP contribution < -0.4 is 5.32 Å². The molecule has 13 heavy (non-hydrogen) atoms. The van der Waals surface area contributed by atoms with E-state index in [1.807, 2.05) is 7.05 Å². The van der Waals surface area contributed by atoms with Gasteiger partial charge in [-0.05, 0) is 32.5 Å². The van der Waals surface area contributed by atoms with Gasteiger partial charge in [-0.15, -0.1) is 0 Å². The summed E-state index contributed by atoms with van der Waals surface area (Å²) in [7, 11) is 1.90. The van der Waals surface area contributed by atoms with Crippen molar-refractivity contribution in [1.82, 2.24) is 5.32 Å². The summed E-state index contributed by atoms with van der Waals surface area (Å²) in [5.74, 6) is 6.18. The Hall–Kier alpha value is -1.26. The van der Waals surface area contributed by atoms with Crippen LogP contribution in [0.15, 0.2) is 18.2 Å². The smallest absolute Gasteiger partial charge is 0.0577 e. The third kappa shape index (κ3) is 2.93. The molecule has 0 saturated heterocycles. The first kappa shape index (κ1) is 9.83. The monoisotopic (exact) mass is 173 g/mol. The average Bonchev–Trinajstić information content (AvgIpc) is 2.09. The molecule has 68 valence electrons. The first-order valence-corrected chi connectivity index (χ1v) is 4.45. The molecule has 0 heterocycles. The van der Waals surface area contributed by atoms with Crippen molar-refractivity contribution >= 4 is 0 Å². The zero-order valence-electron chi connectivity index (χ0n) is 8.44. The minimum absolute atomic E-state index is 0.743. The fourth-order valence-corrected chi connectivity index (χ4v) is 1.18. The van der Waals surface area contributed by atoms with Gasteiger partial charge in [-0.25, -0.2) is 0 Å². The Morgan fingerprint density at radius 1 is 1.31 bits per heavy atom. The highest BCUT2D eigenvalue weighted by atomic mass is 14.8. The summed E-state index contributed by atoms with van der Waals surface area (Å²) in [6, 6.07) is 6.33. The molecule has 0 amide bonds. The van der Waals surface area contributed by atoms with Gasteiger partial charge in [-0.2, -0.15) is 0 Å². The second-order valence-electron chi connectivity index (χ2n) is 3.15. The molecule has 0 fully saturated rings. The first-order chi connectivity index (χ1) is 6.24. The zero-order valence-corrected chi connectivity index (χ0v) is 8.44. The van der Waals surface area contributed by atoms with Crippen LogP contribution in [0.2, 0.25) is 0 Å². The largest absolute Gasteiger partial charge is 0.309 e. The molecule has 0 aliphatic rings. The predicted molar refractivity (Wildman–Crippen MR) is 56.7 cm³/mol. The summed E-state index contributed by atoms with van der Waals surface area (Å²) in [4.78, 5) is 0. The lowest BCUT2D eigenvalue weighted by Gasteiger charge is -1.98. The SMILES string of the molecule is CNCC#Cc1ccc(C)cc1C. The minimum atomic E-state index is 0.743. The number of rotatable bonds is 1. The Kier molecular flexibility index (Phi) is 3.54. The molecular weight excluding hydrogens is 158 g/mol. The van der Waals surface area contributed by atoms with Crippen molar-refractivity contribution in [2.24, 2.45) is 0 Å². The third-order valence-electron chi connectivity index (χ3n) is 1.87. The fraction of sp³-hybridized carbons (Fsp3) is 0.333. The molecular formula is C12H15N. The van der Waals surface area contributed by atoms with E-state index in [2.05, 4.69) is 49.2 Å². The van der Waals surface area contributed by atoms with Crippen LogP contribution in [0.5, 0.6) is 0 Å². The molecule has 0 saturated carbocycles. The highest BCUT2D eigenvalue weighted by Gasteiger charge is 1.92. The fourth-order valence-electron chi connectivity index (χ4n) is 1.18. The van der Waals surface area contributed by atoms with Gasteiger partial charge < -0.3 is 5.32 Å². The molecule has 0 radical (unpaired) electrons. The van der Waals surface area contributed by atoms with E-state index in [4.69, 9.17) is 0 Å². The molecule has 1 aromatic rings. The molecule has 1 heteroatoms. The summed E-state index contributed by atoms with van der Waals surface area (Å²) in [5.41, 5.74) is 3.67. The Morgan fingerprint density at radius 2 is 2.08 bits per heavy atom. The van der Waals surface area contributed by atoms with Gasteiger partial charge in [0.15, 0.2) is 0 Å². The molecule has 1 aromatic carbocycles. The van der Waals surface area contributed by atoms with Gasteiger partial charge in [-0.1, -0.05) is 29.5 Å². The van der Waals surface area contributed by atoms with E-state index in [-0.39, 0.29) is 0 Å². The third-order valence-corrected chi connectivity index (χ3v) is 1.87. The van der Waals surface area contributed by atoms with Gasteiger partial charge in [0.05, 0.1) is 6.54 Å². The standard InChI is InChI=1S/C12H15N/c1-10-6-7-12(11(2)9-10)5-4-8-13-3/h6-7,9,13H,8H2,1-3H3. The maximum Gasteiger partial charge on any atom is 0.0577 e. The Balaban J connectivity index is 2.85. The van der Waals surface area contributed by atoms with E-state index >= 15 is 0 Å². The van der Waals surface area contributed by atoms with E-state index in [1.165, 1.54) is 11.1 Å². The van der Waals surface area contributed by atoms with Crippen LogP contribution in [-0.4, -0.2) is 13.6 Å². The molecule has 1 nitrogen and oxygen atoms in total. The Bertz CT molecular complexity index is 342. The molecule has 0 aliphatic carbocycles. The normalized spacial score (nSPS) is 9.15. The predicted octanol–water partition coefficient (Wildman–Crippen LogP) is 1.87. The van der Waals surface area contributed by atoms with Crippen molar-refractivity contribution in [3.8, 4) is 11.8 Å². The second-order valence-corrected chi connectivity index (χ2v) is 3.15. The van der Waals surface area contributed by atoms with Crippen molar-refractivity contribution in [3.05, 3.63) is 34.9 Å². The topological polar surface area (TPSA) is 12.0 Å². The van der Waals surface area contributed by atoms with Crippen molar-refractivity contribution in [2.75, 3.05) is 13.6 Å². The van der Waals surface area contributed by atoms with Crippen LogP contribution >= 0.6 is 0 Å². The highest BCUT2D eigenvalue weighted by Crippen LogP contribution is 2.08. The summed E-state index contributed by atoms with van der Waals surface area (Å²) < 4.78 is 0. The van der Waals surface area contributed by atoms with Gasteiger partial charge in [0.1, 0.15) is 0 Å². The lowest BCUT2D eigenvalue weighted by molar-refractivity contribution is 0.938. The maximum absolute atomic E-state index is 3.13. The van der Waals surface area contributed by atoms with Crippen LogP contribution in [0.1, 0.15) is 16.7 Å². The lowest BCUT2D eigenvalue weighted by Crippen LogP contribution is -2.04. The molecule has 0 aromatic heterocycles. The molecule has 0 unspecified atom stereocenters. The number of nitrogens with one attached hydrogen (secondary N) is 1. The minimum Gasteiger partial charge on any atom is -0.309 e. The van der Waals surface area contributed by atoms with E-state index in [1.54, 1.807) is 0 Å². The van der Waals surface area contributed by atoms with Crippen molar-refractivity contribution in [1.29, 1.82) is 0 Å². The number of aryl methyl sites for hydroxylation is 2. The summed E-state index contributed by atoms with van der Waals surface area (Å²) >= 11 is 0. The van der Waals surface area contributed by atoms with E-state index in [9.17, 15) is 0 Å². The van der Waals surface area contributed by atoms with Gasteiger partial charge in [0, 0.05) is 5.56 Å². The maximum atomic E-state index is 3.13. The molecule has 0 atom stereocenters. The Labute approximate surface area is 80.2 Å². The number of benzene rings is 1. The van der Waals surface area contributed by atoms with Crippen molar-refractivity contribution in [3.63, 3.8) is 0 Å². The van der Waals surface area contributed by atoms with Crippen LogP contribution in [0, 0.1) is 25.7 Å². The van der Waals surface area contributed by atoms with E-state index in [0.717, 1.165) is 12.1 Å². The van der Waals surface area contributed by atoms with Crippen molar-refractivity contribution < 1.29 is 0 Å². The van der Waals surface area contributed by atoms with Crippen molar-refractivity contribution in [2.45, 2.75) is 13.8 Å². The van der Waals surface area contributed by atoms with Crippen LogP contribution in [-0.2, 0) is 0 Å². The van der Waals surface area contributed by atoms with E-state index < -0.39 is 0 Å². The Morgan fingerprint density at radius 3 is 2.69 bits per heavy atom. The summed E-state index contributed by atoms with van der Waals surface area (Å²) in [6.45, 7) is 4.93. The molecule has 1 rings (SSSR count). The molecule has 0 aliphatic heterocycles. The number of hydrogen-bond donors (Lipinski definition) is 1. The zero-order chi connectivity index (χ0) is 9.68. The average molecular weight is 173 g/mol. The summed E-state index contributed by atoms with van der Waals surface area (Å²) in [6.07, 6.45) is 0. The lowest BCUT2D eigenvalue weighted by atomic mass is 10.1. The van der Waals surface area contributed by atoms with Gasteiger partial charge in [0.25, 0.3) is 0 Å². The van der Waals surface area contributed by atoms with Gasteiger partial charge in [-0.3, -0.25) is 0 Å². The number of hydrogen-bond acceptors (Lipinski definition) is 1. The second kappa shape index (κ2) is 4.69. The highest BCUT2D eigenvalue weighted by molar-refractivity contribution is 5.42. The summed E-state index contributed by atoms with van der Waals surface area (Å²) in [5, 5.41) is 3.00. The van der Waals surface area contributed by atoms with Gasteiger partial charge >= 0.3 is 0 Å².